The number of halogens is 2. The van der Waals surface area contributed by atoms with E-state index >= 15 is 0 Å². The molecule has 2 rings (SSSR count). The SMILES string of the molecule is CN(Cc1ccccn1)c1c(F)cc(CN)cc1F. The Morgan fingerprint density at radius 2 is 1.89 bits per heavy atom. The molecule has 0 saturated carbocycles. The van der Waals surface area contributed by atoms with Gasteiger partial charge in [0.1, 0.15) is 17.3 Å². The quantitative estimate of drug-likeness (QED) is 0.921. The van der Waals surface area contributed by atoms with Gasteiger partial charge < -0.3 is 10.6 Å². The molecule has 0 saturated heterocycles. The zero-order chi connectivity index (χ0) is 13.8. The highest BCUT2D eigenvalue weighted by Gasteiger charge is 2.15. The van der Waals surface area contributed by atoms with Crippen molar-refractivity contribution in [2.24, 2.45) is 5.73 Å². The van der Waals surface area contributed by atoms with Gasteiger partial charge in [-0.2, -0.15) is 0 Å². The Kier molecular flexibility index (Phi) is 4.06. The summed E-state index contributed by atoms with van der Waals surface area (Å²) in [5.74, 6) is -1.22. The summed E-state index contributed by atoms with van der Waals surface area (Å²) >= 11 is 0. The van der Waals surface area contributed by atoms with Crippen molar-refractivity contribution in [3.8, 4) is 0 Å². The third-order valence-electron chi connectivity index (χ3n) is 2.82. The molecule has 0 spiro atoms. The molecule has 1 aromatic carbocycles. The van der Waals surface area contributed by atoms with Gasteiger partial charge in [0.15, 0.2) is 0 Å². The molecule has 2 N–H and O–H groups in total. The van der Waals surface area contributed by atoms with Crippen molar-refractivity contribution >= 4 is 5.69 Å². The maximum absolute atomic E-state index is 13.9. The summed E-state index contributed by atoms with van der Waals surface area (Å²) in [5.41, 5.74) is 6.49. The zero-order valence-corrected chi connectivity index (χ0v) is 10.6. The van der Waals surface area contributed by atoms with Crippen LogP contribution >= 0.6 is 0 Å². The molecular weight excluding hydrogens is 248 g/mol. The molecule has 0 aliphatic heterocycles. The molecule has 0 aliphatic rings. The van der Waals surface area contributed by atoms with Gasteiger partial charge in [0.25, 0.3) is 0 Å². The first-order valence-electron chi connectivity index (χ1n) is 5.91. The number of hydrogen-bond acceptors (Lipinski definition) is 3. The smallest absolute Gasteiger partial charge is 0.149 e. The number of hydrogen-bond donors (Lipinski definition) is 1. The molecule has 0 amide bonds. The standard InChI is InChI=1S/C14H15F2N3/c1-19(9-11-4-2-3-5-18-11)14-12(15)6-10(8-17)7-13(14)16/h2-7H,8-9,17H2,1H3. The van der Waals surface area contributed by atoms with Crippen LogP contribution in [0, 0.1) is 11.6 Å². The largest absolute Gasteiger partial charge is 0.364 e. The first-order valence-corrected chi connectivity index (χ1v) is 5.91. The van der Waals surface area contributed by atoms with Crippen LogP contribution < -0.4 is 10.6 Å². The molecule has 100 valence electrons. The Labute approximate surface area is 110 Å². The van der Waals surface area contributed by atoms with Crippen LogP contribution in [0.5, 0.6) is 0 Å². The van der Waals surface area contributed by atoms with E-state index in [1.165, 1.54) is 17.0 Å². The molecule has 0 aliphatic carbocycles. The monoisotopic (exact) mass is 263 g/mol. The molecule has 0 atom stereocenters. The van der Waals surface area contributed by atoms with E-state index in [0.717, 1.165) is 5.69 Å². The van der Waals surface area contributed by atoms with Crippen LogP contribution in [0.15, 0.2) is 36.5 Å². The molecule has 5 heteroatoms. The average Bonchev–Trinajstić information content (AvgIpc) is 2.38. The molecule has 0 unspecified atom stereocenters. The fourth-order valence-electron chi connectivity index (χ4n) is 1.91. The second-order valence-electron chi connectivity index (χ2n) is 4.29. The molecule has 19 heavy (non-hydrogen) atoms. The van der Waals surface area contributed by atoms with Gasteiger partial charge in [-0.1, -0.05) is 6.07 Å². The van der Waals surface area contributed by atoms with Gasteiger partial charge in [-0.15, -0.1) is 0 Å². The minimum atomic E-state index is -0.612. The topological polar surface area (TPSA) is 42.2 Å². The van der Waals surface area contributed by atoms with E-state index in [1.807, 2.05) is 6.07 Å². The minimum Gasteiger partial charge on any atom is -0.364 e. The van der Waals surface area contributed by atoms with Crippen LogP contribution in [0.3, 0.4) is 0 Å². The van der Waals surface area contributed by atoms with E-state index in [0.29, 0.717) is 12.1 Å². The number of pyridine rings is 1. The molecule has 0 fully saturated rings. The lowest BCUT2D eigenvalue weighted by atomic mass is 10.1. The molecule has 1 heterocycles. The number of benzene rings is 1. The Balaban J connectivity index is 2.26. The normalized spacial score (nSPS) is 10.5. The second-order valence-corrected chi connectivity index (χ2v) is 4.29. The molecule has 2 aromatic rings. The van der Waals surface area contributed by atoms with E-state index in [2.05, 4.69) is 4.98 Å². The van der Waals surface area contributed by atoms with Crippen molar-refractivity contribution in [3.63, 3.8) is 0 Å². The van der Waals surface area contributed by atoms with Crippen LogP contribution in [0.4, 0.5) is 14.5 Å². The Hall–Kier alpha value is -2.01. The molecule has 3 nitrogen and oxygen atoms in total. The Bertz CT molecular complexity index is 535. The highest BCUT2D eigenvalue weighted by atomic mass is 19.1. The fourth-order valence-corrected chi connectivity index (χ4v) is 1.91. The van der Waals surface area contributed by atoms with Gasteiger partial charge in [-0.3, -0.25) is 4.98 Å². The maximum Gasteiger partial charge on any atom is 0.149 e. The van der Waals surface area contributed by atoms with Gasteiger partial charge in [0.05, 0.1) is 12.2 Å². The number of nitrogens with zero attached hydrogens (tertiary/aromatic N) is 2. The van der Waals surface area contributed by atoms with Crippen LogP contribution in [-0.2, 0) is 13.1 Å². The average molecular weight is 263 g/mol. The zero-order valence-electron chi connectivity index (χ0n) is 10.6. The van der Waals surface area contributed by atoms with Crippen molar-refractivity contribution in [1.82, 2.24) is 4.98 Å². The lowest BCUT2D eigenvalue weighted by Crippen LogP contribution is -2.20. The predicted molar refractivity (Wildman–Crippen MR) is 70.6 cm³/mol. The predicted octanol–water partition coefficient (Wildman–Crippen LogP) is 2.45. The summed E-state index contributed by atoms with van der Waals surface area (Å²) in [6.07, 6.45) is 1.65. The molecule has 0 radical (unpaired) electrons. The second kappa shape index (κ2) is 5.75. The molecule has 1 aromatic heterocycles. The third-order valence-corrected chi connectivity index (χ3v) is 2.82. The number of rotatable bonds is 4. The van der Waals surface area contributed by atoms with Crippen LogP contribution in [0.25, 0.3) is 0 Å². The van der Waals surface area contributed by atoms with Gasteiger partial charge in [-0.05, 0) is 29.8 Å². The molecular formula is C14H15F2N3. The lowest BCUT2D eigenvalue weighted by Gasteiger charge is -2.20. The maximum atomic E-state index is 13.9. The van der Waals surface area contributed by atoms with Crippen LogP contribution in [0.1, 0.15) is 11.3 Å². The van der Waals surface area contributed by atoms with Crippen molar-refractivity contribution in [3.05, 3.63) is 59.4 Å². The first kappa shape index (κ1) is 13.4. The summed E-state index contributed by atoms with van der Waals surface area (Å²) in [6, 6.07) is 7.95. The van der Waals surface area contributed by atoms with Crippen molar-refractivity contribution in [2.45, 2.75) is 13.1 Å². The Morgan fingerprint density at radius 3 is 2.42 bits per heavy atom. The van der Waals surface area contributed by atoms with Crippen LogP contribution in [0.2, 0.25) is 0 Å². The summed E-state index contributed by atoms with van der Waals surface area (Å²) < 4.78 is 27.8. The number of aromatic nitrogens is 1. The number of nitrogens with two attached hydrogens (primary N) is 1. The summed E-state index contributed by atoms with van der Waals surface area (Å²) in [6.45, 7) is 0.439. The summed E-state index contributed by atoms with van der Waals surface area (Å²) in [7, 11) is 1.62. The van der Waals surface area contributed by atoms with Crippen LogP contribution in [-0.4, -0.2) is 12.0 Å². The van der Waals surface area contributed by atoms with E-state index in [1.54, 1.807) is 25.4 Å². The van der Waals surface area contributed by atoms with Gasteiger partial charge in [-0.25, -0.2) is 8.78 Å². The Morgan fingerprint density at radius 1 is 1.21 bits per heavy atom. The van der Waals surface area contributed by atoms with E-state index < -0.39 is 11.6 Å². The van der Waals surface area contributed by atoms with Crippen molar-refractivity contribution < 1.29 is 8.78 Å². The van der Waals surface area contributed by atoms with E-state index in [4.69, 9.17) is 5.73 Å². The van der Waals surface area contributed by atoms with Crippen molar-refractivity contribution in [1.29, 1.82) is 0 Å². The number of anilines is 1. The first-order chi connectivity index (χ1) is 9.11. The van der Waals surface area contributed by atoms with Gasteiger partial charge in [0, 0.05) is 19.8 Å². The lowest BCUT2D eigenvalue weighted by molar-refractivity contribution is 0.572. The minimum absolute atomic E-state index is 0.0668. The summed E-state index contributed by atoms with van der Waals surface area (Å²) in [5, 5.41) is 0. The van der Waals surface area contributed by atoms with Gasteiger partial charge >= 0.3 is 0 Å². The highest BCUT2D eigenvalue weighted by Crippen LogP contribution is 2.25. The fraction of sp³-hybridized carbons (Fsp3) is 0.214. The van der Waals surface area contributed by atoms with E-state index in [-0.39, 0.29) is 12.2 Å². The summed E-state index contributed by atoms with van der Waals surface area (Å²) in [4.78, 5) is 5.62. The van der Waals surface area contributed by atoms with E-state index in [9.17, 15) is 8.78 Å². The highest BCUT2D eigenvalue weighted by molar-refractivity contribution is 5.50. The van der Waals surface area contributed by atoms with Crippen molar-refractivity contribution in [2.75, 3.05) is 11.9 Å². The third kappa shape index (κ3) is 3.06. The molecule has 0 bridgehead atoms. The van der Waals surface area contributed by atoms with Gasteiger partial charge in [0.2, 0.25) is 0 Å².